The SMILES string of the molecule is COCCN1CN(Cc2ccc(OC)cc2)n2cc(C(=O)CCc3ccc(F)cc3F)c(=O)c(O)c2C1=O. The average molecular weight is 528 g/mol. The van der Waals surface area contributed by atoms with Gasteiger partial charge in [0.1, 0.15) is 24.1 Å². The summed E-state index contributed by atoms with van der Waals surface area (Å²) in [5.41, 5.74) is -0.645. The summed E-state index contributed by atoms with van der Waals surface area (Å²) in [6.07, 6.45) is 0.894. The molecule has 1 N–H and O–H groups in total. The topological polar surface area (TPSA) is 101 Å². The van der Waals surface area contributed by atoms with Gasteiger partial charge in [-0.05, 0) is 35.7 Å². The molecule has 0 saturated heterocycles. The van der Waals surface area contributed by atoms with Crippen LogP contribution in [0.4, 0.5) is 8.78 Å². The van der Waals surface area contributed by atoms with Crippen LogP contribution in [0.1, 0.15) is 38.4 Å². The Hall–Kier alpha value is -4.25. The second-order valence-electron chi connectivity index (χ2n) is 8.79. The van der Waals surface area contributed by atoms with Gasteiger partial charge in [0.25, 0.3) is 5.91 Å². The van der Waals surface area contributed by atoms with E-state index in [1.165, 1.54) is 28.9 Å². The smallest absolute Gasteiger partial charge is 0.277 e. The van der Waals surface area contributed by atoms with Gasteiger partial charge < -0.3 is 19.5 Å². The molecule has 2 heterocycles. The van der Waals surface area contributed by atoms with Gasteiger partial charge in [-0.3, -0.25) is 24.1 Å². The van der Waals surface area contributed by atoms with Crippen molar-refractivity contribution in [2.45, 2.75) is 19.4 Å². The summed E-state index contributed by atoms with van der Waals surface area (Å²) in [6, 6.07) is 10.3. The molecule has 0 aliphatic carbocycles. The van der Waals surface area contributed by atoms with E-state index < -0.39 is 34.5 Å². The third-order valence-electron chi connectivity index (χ3n) is 6.32. The summed E-state index contributed by atoms with van der Waals surface area (Å²) in [4.78, 5) is 40.6. The van der Waals surface area contributed by atoms with E-state index in [0.717, 1.165) is 17.7 Å². The Balaban J connectivity index is 1.69. The predicted molar refractivity (Wildman–Crippen MR) is 134 cm³/mol. The van der Waals surface area contributed by atoms with Crippen LogP contribution in [0.2, 0.25) is 0 Å². The van der Waals surface area contributed by atoms with Crippen molar-refractivity contribution in [3.63, 3.8) is 0 Å². The summed E-state index contributed by atoms with van der Waals surface area (Å²) in [7, 11) is 3.05. The minimum atomic E-state index is -0.993. The van der Waals surface area contributed by atoms with Gasteiger partial charge in [0.05, 0.1) is 25.8 Å². The molecule has 2 aromatic carbocycles. The number of amides is 1. The molecule has 11 heteroatoms. The normalized spacial score (nSPS) is 13.0. The first-order valence-electron chi connectivity index (χ1n) is 11.9. The lowest BCUT2D eigenvalue weighted by molar-refractivity contribution is 0.0619. The number of carbonyl (C=O) groups is 2. The molecule has 0 unspecified atom stereocenters. The van der Waals surface area contributed by atoms with E-state index in [1.54, 1.807) is 24.3 Å². The van der Waals surface area contributed by atoms with E-state index in [0.29, 0.717) is 5.75 Å². The van der Waals surface area contributed by atoms with Gasteiger partial charge in [-0.1, -0.05) is 18.2 Å². The lowest BCUT2D eigenvalue weighted by Crippen LogP contribution is -2.54. The number of pyridine rings is 1. The van der Waals surface area contributed by atoms with Crippen molar-refractivity contribution >= 4 is 11.7 Å². The zero-order valence-electron chi connectivity index (χ0n) is 20.9. The lowest BCUT2D eigenvalue weighted by Gasteiger charge is -2.39. The van der Waals surface area contributed by atoms with Crippen LogP contribution >= 0.6 is 0 Å². The number of ketones is 1. The van der Waals surface area contributed by atoms with Gasteiger partial charge in [-0.25, -0.2) is 8.78 Å². The van der Waals surface area contributed by atoms with Crippen molar-refractivity contribution in [1.82, 2.24) is 9.58 Å². The van der Waals surface area contributed by atoms with Crippen LogP contribution in [0.15, 0.2) is 53.5 Å². The number of hydrogen-bond acceptors (Lipinski definition) is 7. The van der Waals surface area contributed by atoms with Gasteiger partial charge >= 0.3 is 0 Å². The Morgan fingerprint density at radius 3 is 2.47 bits per heavy atom. The number of carbonyl (C=O) groups excluding carboxylic acids is 2. The molecule has 38 heavy (non-hydrogen) atoms. The molecule has 0 radical (unpaired) electrons. The number of Topliss-reactive ketones (excluding diaryl/α,β-unsaturated/α-hetero) is 1. The fraction of sp³-hybridized carbons (Fsp3) is 0.296. The Morgan fingerprint density at radius 1 is 1.08 bits per heavy atom. The minimum Gasteiger partial charge on any atom is -0.502 e. The molecular formula is C27H27F2N3O6. The first kappa shape index (κ1) is 26.8. The van der Waals surface area contributed by atoms with E-state index in [-0.39, 0.29) is 56.0 Å². The molecule has 0 saturated carbocycles. The number of methoxy groups -OCH3 is 2. The Bertz CT molecular complexity index is 1410. The third-order valence-corrected chi connectivity index (χ3v) is 6.32. The van der Waals surface area contributed by atoms with E-state index >= 15 is 0 Å². The maximum absolute atomic E-state index is 14.0. The molecule has 1 aromatic heterocycles. The molecule has 3 aromatic rings. The Labute approximate surface area is 217 Å². The molecule has 0 bridgehead atoms. The monoisotopic (exact) mass is 527 g/mol. The number of benzene rings is 2. The molecule has 1 aliphatic rings. The molecule has 1 amide bonds. The highest BCUT2D eigenvalue weighted by molar-refractivity contribution is 6.00. The van der Waals surface area contributed by atoms with Crippen molar-refractivity contribution in [3.8, 4) is 11.5 Å². The summed E-state index contributed by atoms with van der Waals surface area (Å²) in [6.45, 7) is 0.818. The van der Waals surface area contributed by atoms with E-state index in [1.807, 2.05) is 12.1 Å². The quantitative estimate of drug-likeness (QED) is 0.405. The molecule has 4 rings (SSSR count). The zero-order valence-corrected chi connectivity index (χ0v) is 20.9. The van der Waals surface area contributed by atoms with Crippen LogP contribution in [-0.2, 0) is 17.7 Å². The molecule has 200 valence electrons. The van der Waals surface area contributed by atoms with Crippen molar-refractivity contribution in [1.29, 1.82) is 0 Å². The van der Waals surface area contributed by atoms with Crippen LogP contribution in [0.5, 0.6) is 11.5 Å². The number of nitrogens with zero attached hydrogens (tertiary/aromatic N) is 3. The number of aromatic nitrogens is 1. The molecular weight excluding hydrogens is 500 g/mol. The molecule has 1 aliphatic heterocycles. The van der Waals surface area contributed by atoms with Crippen molar-refractivity contribution in [2.24, 2.45) is 0 Å². The minimum absolute atomic E-state index is 0.0772. The molecule has 0 atom stereocenters. The number of ether oxygens (including phenoxy) is 2. The molecule has 9 nitrogen and oxygen atoms in total. The second kappa shape index (κ2) is 11.4. The van der Waals surface area contributed by atoms with Gasteiger partial charge in [0.2, 0.25) is 5.43 Å². The van der Waals surface area contributed by atoms with Crippen LogP contribution in [0.25, 0.3) is 0 Å². The van der Waals surface area contributed by atoms with E-state index in [4.69, 9.17) is 9.47 Å². The van der Waals surface area contributed by atoms with Crippen LogP contribution in [0.3, 0.4) is 0 Å². The number of fused-ring (bicyclic) bond motifs is 1. The number of halogens is 2. The highest BCUT2D eigenvalue weighted by Gasteiger charge is 2.34. The fourth-order valence-electron chi connectivity index (χ4n) is 4.24. The summed E-state index contributed by atoms with van der Waals surface area (Å²) in [5.74, 6) is -2.96. The maximum Gasteiger partial charge on any atom is 0.277 e. The summed E-state index contributed by atoms with van der Waals surface area (Å²) < 4.78 is 38.8. The molecule has 0 fully saturated rings. The third kappa shape index (κ3) is 5.52. The standard InChI is InChI=1S/C27H27F2N3O6/c1-37-12-11-30-16-31(14-17-3-8-20(38-2)9-4-17)32-15-21(25(34)26(35)24(32)27(30)36)23(33)10-6-18-5-7-19(28)13-22(18)29/h3-5,7-9,13,15,35H,6,10-12,14,16H2,1-2H3. The summed E-state index contributed by atoms with van der Waals surface area (Å²) in [5, 5.41) is 12.5. The number of aromatic hydroxyl groups is 1. The highest BCUT2D eigenvalue weighted by Crippen LogP contribution is 2.24. The summed E-state index contributed by atoms with van der Waals surface area (Å²) >= 11 is 0. The fourth-order valence-corrected chi connectivity index (χ4v) is 4.24. The van der Waals surface area contributed by atoms with Crippen LogP contribution in [0, 0.1) is 11.6 Å². The predicted octanol–water partition coefficient (Wildman–Crippen LogP) is 2.85. The number of aryl methyl sites for hydroxylation is 1. The largest absolute Gasteiger partial charge is 0.502 e. The maximum atomic E-state index is 14.0. The Morgan fingerprint density at radius 2 is 1.82 bits per heavy atom. The zero-order chi connectivity index (χ0) is 27.4. The van der Waals surface area contributed by atoms with Gasteiger partial charge in [-0.15, -0.1) is 0 Å². The number of rotatable bonds is 10. The van der Waals surface area contributed by atoms with E-state index in [2.05, 4.69) is 0 Å². The van der Waals surface area contributed by atoms with Gasteiger partial charge in [0, 0.05) is 32.3 Å². The van der Waals surface area contributed by atoms with Crippen LogP contribution in [-0.4, -0.2) is 60.4 Å². The first-order chi connectivity index (χ1) is 18.2. The van der Waals surface area contributed by atoms with Gasteiger partial charge in [0.15, 0.2) is 17.2 Å². The first-order valence-corrected chi connectivity index (χ1v) is 11.9. The highest BCUT2D eigenvalue weighted by atomic mass is 19.1. The second-order valence-corrected chi connectivity index (χ2v) is 8.79. The van der Waals surface area contributed by atoms with Crippen molar-refractivity contribution < 1.29 is 33.0 Å². The lowest BCUT2D eigenvalue weighted by atomic mass is 10.0. The average Bonchev–Trinajstić information content (AvgIpc) is 2.90. The van der Waals surface area contributed by atoms with Gasteiger partial charge in [-0.2, -0.15) is 0 Å². The van der Waals surface area contributed by atoms with Crippen molar-refractivity contribution in [2.75, 3.05) is 39.0 Å². The molecule has 0 spiro atoms. The van der Waals surface area contributed by atoms with E-state index in [9.17, 15) is 28.3 Å². The number of hydrogen-bond donors (Lipinski definition) is 1. The Kier molecular flexibility index (Phi) is 8.06. The van der Waals surface area contributed by atoms with Crippen LogP contribution < -0.4 is 15.2 Å². The van der Waals surface area contributed by atoms with Crippen molar-refractivity contribution in [3.05, 3.63) is 92.9 Å².